The van der Waals surface area contributed by atoms with E-state index in [9.17, 15) is 13.2 Å². The highest BCUT2D eigenvalue weighted by Crippen LogP contribution is 2.25. The molecule has 148 valence electrons. The molecule has 3 fully saturated rings. The van der Waals surface area contributed by atoms with E-state index in [1.54, 1.807) is 0 Å². The van der Waals surface area contributed by atoms with Crippen molar-refractivity contribution in [2.24, 2.45) is 0 Å². The summed E-state index contributed by atoms with van der Waals surface area (Å²) in [6, 6.07) is 7.93. The number of nitrogens with one attached hydrogen (secondary N) is 1. The van der Waals surface area contributed by atoms with Crippen molar-refractivity contribution in [3.8, 4) is 0 Å². The Morgan fingerprint density at radius 3 is 2.81 bits per heavy atom. The third kappa shape index (κ3) is 4.06. The van der Waals surface area contributed by atoms with E-state index in [1.807, 2.05) is 29.2 Å². The Balaban J connectivity index is 1.35. The number of piperazine rings is 1. The molecule has 3 saturated heterocycles. The summed E-state index contributed by atoms with van der Waals surface area (Å²) in [4.78, 5) is 17.0. The molecule has 0 aromatic heterocycles. The fourth-order valence-corrected chi connectivity index (χ4v) is 5.94. The topological polar surface area (TPSA) is 73.0 Å². The molecule has 1 aromatic rings. The third-order valence-electron chi connectivity index (χ3n) is 5.87. The van der Waals surface area contributed by atoms with Crippen LogP contribution in [0.15, 0.2) is 24.3 Å². The van der Waals surface area contributed by atoms with Crippen LogP contribution in [0.5, 0.6) is 0 Å². The highest BCUT2D eigenvalue weighted by molar-refractivity contribution is 7.93. The Labute approximate surface area is 161 Å². The summed E-state index contributed by atoms with van der Waals surface area (Å²) in [7, 11) is -3.18. The quantitative estimate of drug-likeness (QED) is 0.848. The predicted octanol–water partition coefficient (Wildman–Crippen LogP) is 1.61. The van der Waals surface area contributed by atoms with Gasteiger partial charge in [0, 0.05) is 38.8 Å². The van der Waals surface area contributed by atoms with Crippen LogP contribution in [0.1, 0.15) is 31.2 Å². The van der Waals surface area contributed by atoms with Crippen LogP contribution in [-0.4, -0.2) is 68.8 Å². The van der Waals surface area contributed by atoms with Crippen LogP contribution in [0.2, 0.25) is 0 Å². The van der Waals surface area contributed by atoms with Crippen LogP contribution >= 0.6 is 0 Å². The fourth-order valence-electron chi connectivity index (χ4n) is 4.38. The zero-order valence-corrected chi connectivity index (χ0v) is 16.5. The van der Waals surface area contributed by atoms with E-state index < -0.39 is 10.0 Å². The second kappa shape index (κ2) is 7.67. The molecule has 0 radical (unpaired) electrons. The molecule has 0 saturated carbocycles. The largest absolute Gasteiger partial charge is 0.334 e. The summed E-state index contributed by atoms with van der Waals surface area (Å²) in [5.74, 6) is 0.209. The van der Waals surface area contributed by atoms with Gasteiger partial charge in [-0.1, -0.05) is 18.6 Å². The number of carbonyl (C=O) groups excluding carboxylic acids is 1. The third-order valence-corrected chi connectivity index (χ3v) is 7.74. The minimum Gasteiger partial charge on any atom is -0.334 e. The monoisotopic (exact) mass is 392 g/mol. The Kier molecular flexibility index (Phi) is 5.27. The first-order chi connectivity index (χ1) is 13.0. The molecule has 3 heterocycles. The normalized spacial score (nSPS) is 25.3. The maximum absolute atomic E-state index is 12.6. The fraction of sp³-hybridized carbons (Fsp3) is 0.632. The first kappa shape index (κ1) is 18.6. The van der Waals surface area contributed by atoms with Crippen LogP contribution in [0, 0.1) is 0 Å². The van der Waals surface area contributed by atoms with Gasteiger partial charge in [-0.3, -0.25) is 9.21 Å². The van der Waals surface area contributed by atoms with Crippen LogP contribution in [0.3, 0.4) is 0 Å². The van der Waals surface area contributed by atoms with Gasteiger partial charge in [0.1, 0.15) is 0 Å². The molecule has 27 heavy (non-hydrogen) atoms. The summed E-state index contributed by atoms with van der Waals surface area (Å²) < 4.78 is 25.7. The lowest BCUT2D eigenvalue weighted by molar-refractivity contribution is 0.0643. The number of hydrogen-bond acceptors (Lipinski definition) is 4. The van der Waals surface area contributed by atoms with Gasteiger partial charge in [-0.05, 0) is 43.5 Å². The van der Waals surface area contributed by atoms with Crippen molar-refractivity contribution in [3.05, 3.63) is 29.8 Å². The predicted molar refractivity (Wildman–Crippen MR) is 105 cm³/mol. The first-order valence-electron chi connectivity index (χ1n) is 9.89. The van der Waals surface area contributed by atoms with Crippen molar-refractivity contribution < 1.29 is 13.2 Å². The average Bonchev–Trinajstić information content (AvgIpc) is 3.05. The number of amides is 2. The summed E-state index contributed by atoms with van der Waals surface area (Å²) in [6.45, 7) is 4.63. The lowest BCUT2D eigenvalue weighted by Crippen LogP contribution is -2.57. The molecule has 0 spiro atoms. The molecule has 2 amide bonds. The van der Waals surface area contributed by atoms with Gasteiger partial charge in [-0.2, -0.15) is 0 Å². The zero-order valence-electron chi connectivity index (χ0n) is 15.6. The average molecular weight is 393 g/mol. The van der Waals surface area contributed by atoms with E-state index in [4.69, 9.17) is 0 Å². The van der Waals surface area contributed by atoms with Gasteiger partial charge in [0.15, 0.2) is 0 Å². The molecular weight excluding hydrogens is 364 g/mol. The Hall–Kier alpha value is -1.80. The van der Waals surface area contributed by atoms with Gasteiger partial charge in [0.2, 0.25) is 10.0 Å². The molecule has 0 bridgehead atoms. The SMILES string of the molecule is O=C(NCc1cccc(N2CCCS2(=O)=O)c1)N1CCN2CCCCC2C1. The van der Waals surface area contributed by atoms with Gasteiger partial charge in [0.05, 0.1) is 11.4 Å². The number of carbonyl (C=O) groups is 1. The number of fused-ring (bicyclic) bond motifs is 1. The maximum atomic E-state index is 12.6. The molecule has 1 aromatic carbocycles. The van der Waals surface area contributed by atoms with Gasteiger partial charge >= 0.3 is 6.03 Å². The summed E-state index contributed by atoms with van der Waals surface area (Å²) >= 11 is 0. The van der Waals surface area contributed by atoms with E-state index in [2.05, 4.69) is 10.2 Å². The summed E-state index contributed by atoms with van der Waals surface area (Å²) in [5, 5.41) is 3.00. The van der Waals surface area contributed by atoms with E-state index in [0.29, 0.717) is 31.2 Å². The lowest BCUT2D eigenvalue weighted by Gasteiger charge is -2.43. The van der Waals surface area contributed by atoms with Gasteiger partial charge in [-0.25, -0.2) is 13.2 Å². The summed E-state index contributed by atoms with van der Waals surface area (Å²) in [5.41, 5.74) is 1.61. The molecule has 1 N–H and O–H groups in total. The standard InChI is InChI=1S/C19H28N4O3S/c24-19(22-11-10-21-8-2-1-6-18(21)15-22)20-14-16-5-3-7-17(13-16)23-9-4-12-27(23,25)26/h3,5,7,13,18H,1-2,4,6,8-12,14-15H2,(H,20,24). The summed E-state index contributed by atoms with van der Waals surface area (Å²) in [6.07, 6.45) is 4.36. The van der Waals surface area contributed by atoms with Crippen molar-refractivity contribution in [3.63, 3.8) is 0 Å². The molecule has 1 atom stereocenters. The second-order valence-electron chi connectivity index (χ2n) is 7.70. The number of hydrogen-bond donors (Lipinski definition) is 1. The zero-order chi connectivity index (χ0) is 18.9. The van der Waals surface area contributed by atoms with Gasteiger partial charge in [0.25, 0.3) is 0 Å². The first-order valence-corrected chi connectivity index (χ1v) is 11.5. The number of benzene rings is 1. The molecule has 0 aliphatic carbocycles. The van der Waals surface area contributed by atoms with E-state index in [0.717, 1.165) is 31.7 Å². The number of piperidine rings is 1. The second-order valence-corrected chi connectivity index (χ2v) is 9.71. The molecule has 1 unspecified atom stereocenters. The molecule has 8 heteroatoms. The Bertz CT molecular complexity index is 798. The number of sulfonamides is 1. The minimum absolute atomic E-state index is 0.0283. The van der Waals surface area contributed by atoms with Crippen molar-refractivity contribution in [1.82, 2.24) is 15.1 Å². The molecule has 3 aliphatic rings. The van der Waals surface area contributed by atoms with Crippen molar-refractivity contribution in [1.29, 1.82) is 0 Å². The number of urea groups is 1. The van der Waals surface area contributed by atoms with Crippen LogP contribution < -0.4 is 9.62 Å². The number of rotatable bonds is 3. The van der Waals surface area contributed by atoms with E-state index in [1.165, 1.54) is 23.6 Å². The molecule has 7 nitrogen and oxygen atoms in total. The minimum atomic E-state index is -3.18. The van der Waals surface area contributed by atoms with Crippen LogP contribution in [0.4, 0.5) is 10.5 Å². The smallest absolute Gasteiger partial charge is 0.317 e. The Morgan fingerprint density at radius 2 is 2.00 bits per heavy atom. The van der Waals surface area contributed by atoms with Crippen molar-refractivity contribution >= 4 is 21.7 Å². The number of nitrogens with zero attached hydrogens (tertiary/aromatic N) is 3. The maximum Gasteiger partial charge on any atom is 0.317 e. The van der Waals surface area contributed by atoms with Crippen LogP contribution in [0.25, 0.3) is 0 Å². The van der Waals surface area contributed by atoms with E-state index in [-0.39, 0.29) is 11.8 Å². The van der Waals surface area contributed by atoms with Crippen LogP contribution in [-0.2, 0) is 16.6 Å². The van der Waals surface area contributed by atoms with Gasteiger partial charge in [-0.15, -0.1) is 0 Å². The molecular formula is C19H28N4O3S. The highest BCUT2D eigenvalue weighted by atomic mass is 32.2. The molecule has 4 rings (SSSR count). The molecule has 3 aliphatic heterocycles. The number of anilines is 1. The highest BCUT2D eigenvalue weighted by Gasteiger charge is 2.31. The van der Waals surface area contributed by atoms with Crippen molar-refractivity contribution in [2.45, 2.75) is 38.3 Å². The van der Waals surface area contributed by atoms with Crippen molar-refractivity contribution in [2.75, 3.05) is 42.8 Å². The lowest BCUT2D eigenvalue weighted by atomic mass is 10.00. The Morgan fingerprint density at radius 1 is 1.11 bits per heavy atom. The van der Waals surface area contributed by atoms with Gasteiger partial charge < -0.3 is 10.2 Å². The van der Waals surface area contributed by atoms with E-state index >= 15 is 0 Å².